The van der Waals surface area contributed by atoms with Crippen LogP contribution in [0.5, 0.6) is 0 Å². The predicted molar refractivity (Wildman–Crippen MR) is 92.0 cm³/mol. The van der Waals surface area contributed by atoms with Crippen molar-refractivity contribution in [3.8, 4) is 0 Å². The molecule has 3 N–H and O–H groups in total. The number of nitrogens with one attached hydrogen (secondary N) is 2. The fourth-order valence-corrected chi connectivity index (χ4v) is 2.28. The van der Waals surface area contributed by atoms with Crippen LogP contribution in [0.15, 0.2) is 41.6 Å². The molecule has 0 unspecified atom stereocenters. The van der Waals surface area contributed by atoms with Crippen molar-refractivity contribution in [1.82, 2.24) is 10.4 Å². The maximum atomic E-state index is 11.7. The van der Waals surface area contributed by atoms with E-state index in [0.717, 1.165) is 23.4 Å². The lowest BCUT2D eigenvalue weighted by molar-refractivity contribution is 0.0951. The zero-order valence-corrected chi connectivity index (χ0v) is 13.4. The van der Waals surface area contributed by atoms with E-state index in [-0.39, 0.29) is 12.5 Å². The Hall–Kier alpha value is -2.60. The zero-order valence-electron chi connectivity index (χ0n) is 13.4. The molecule has 2 aromatic rings. The molecule has 0 atom stereocenters. The van der Waals surface area contributed by atoms with Crippen molar-refractivity contribution >= 4 is 17.8 Å². The number of aliphatic hydroxyl groups is 1. The smallest absolute Gasteiger partial charge is 0.287 e. The molecular formula is C17H22N4O2. The number of aryl methyl sites for hydroxylation is 1. The fraction of sp³-hybridized carbons (Fsp3) is 0.294. The lowest BCUT2D eigenvalue weighted by atomic mass is 10.1. The lowest BCUT2D eigenvalue weighted by Crippen LogP contribution is -2.26. The van der Waals surface area contributed by atoms with Crippen molar-refractivity contribution in [2.75, 3.05) is 24.6 Å². The van der Waals surface area contributed by atoms with Crippen LogP contribution in [0.2, 0.25) is 0 Å². The number of aromatic amines is 1. The topological polar surface area (TPSA) is 80.7 Å². The largest absolute Gasteiger partial charge is 0.395 e. The highest BCUT2D eigenvalue weighted by molar-refractivity contribution is 5.93. The second-order valence-electron chi connectivity index (χ2n) is 5.13. The number of amides is 1. The van der Waals surface area contributed by atoms with Gasteiger partial charge in [0.1, 0.15) is 5.69 Å². The molecule has 122 valence electrons. The van der Waals surface area contributed by atoms with Gasteiger partial charge in [-0.25, -0.2) is 5.43 Å². The number of benzene rings is 1. The van der Waals surface area contributed by atoms with E-state index >= 15 is 0 Å². The number of hydrogen-bond acceptors (Lipinski definition) is 4. The highest BCUT2D eigenvalue weighted by atomic mass is 16.3. The van der Waals surface area contributed by atoms with Gasteiger partial charge in [-0.15, -0.1) is 0 Å². The van der Waals surface area contributed by atoms with Crippen molar-refractivity contribution in [2.24, 2.45) is 5.10 Å². The zero-order chi connectivity index (χ0) is 16.7. The van der Waals surface area contributed by atoms with E-state index in [1.165, 1.54) is 0 Å². The summed E-state index contributed by atoms with van der Waals surface area (Å²) in [5, 5.41) is 13.1. The average molecular weight is 314 g/mol. The monoisotopic (exact) mass is 314 g/mol. The SMILES string of the molecule is CCN(CCO)c1ccc(/C=N\NC(=O)c2ccc[nH]2)c(C)c1. The number of carbonyl (C=O) groups excluding carboxylic acids is 1. The van der Waals surface area contributed by atoms with Gasteiger partial charge in [0.25, 0.3) is 5.91 Å². The summed E-state index contributed by atoms with van der Waals surface area (Å²) < 4.78 is 0. The average Bonchev–Trinajstić information content (AvgIpc) is 3.08. The molecule has 6 heteroatoms. The molecule has 0 saturated carbocycles. The molecule has 1 heterocycles. The summed E-state index contributed by atoms with van der Waals surface area (Å²) in [6, 6.07) is 9.43. The van der Waals surface area contributed by atoms with Crippen molar-refractivity contribution in [1.29, 1.82) is 0 Å². The summed E-state index contributed by atoms with van der Waals surface area (Å²) in [5.74, 6) is -0.277. The van der Waals surface area contributed by atoms with Gasteiger partial charge >= 0.3 is 0 Å². The van der Waals surface area contributed by atoms with Crippen LogP contribution in [0.4, 0.5) is 5.69 Å². The van der Waals surface area contributed by atoms with Crippen LogP contribution in [0.3, 0.4) is 0 Å². The molecule has 23 heavy (non-hydrogen) atoms. The molecule has 1 amide bonds. The molecule has 0 aliphatic rings. The van der Waals surface area contributed by atoms with E-state index in [4.69, 9.17) is 5.11 Å². The number of aromatic nitrogens is 1. The molecule has 1 aromatic carbocycles. The minimum Gasteiger partial charge on any atom is -0.395 e. The Bertz CT molecular complexity index is 665. The van der Waals surface area contributed by atoms with Crippen LogP contribution >= 0.6 is 0 Å². The summed E-state index contributed by atoms with van der Waals surface area (Å²) in [6.45, 7) is 5.61. The van der Waals surface area contributed by atoms with E-state index in [9.17, 15) is 4.79 Å². The molecule has 6 nitrogen and oxygen atoms in total. The van der Waals surface area contributed by atoms with Gasteiger partial charge < -0.3 is 15.0 Å². The first-order valence-corrected chi connectivity index (χ1v) is 7.59. The van der Waals surface area contributed by atoms with Gasteiger partial charge in [0.05, 0.1) is 12.8 Å². The number of hydrogen-bond donors (Lipinski definition) is 3. The maximum Gasteiger partial charge on any atom is 0.287 e. The van der Waals surface area contributed by atoms with Gasteiger partial charge in [0.2, 0.25) is 0 Å². The van der Waals surface area contributed by atoms with Crippen molar-refractivity contribution < 1.29 is 9.90 Å². The second kappa shape index (κ2) is 8.14. The Morgan fingerprint density at radius 2 is 2.26 bits per heavy atom. The molecule has 0 bridgehead atoms. The Morgan fingerprint density at radius 1 is 1.43 bits per heavy atom. The summed E-state index contributed by atoms with van der Waals surface area (Å²) in [4.78, 5) is 16.7. The number of rotatable bonds is 7. The minimum absolute atomic E-state index is 0.126. The van der Waals surface area contributed by atoms with Crippen LogP contribution in [-0.2, 0) is 0 Å². The first-order valence-electron chi connectivity index (χ1n) is 7.59. The fourth-order valence-electron chi connectivity index (χ4n) is 2.28. The predicted octanol–water partition coefficient (Wildman–Crippen LogP) is 1.91. The maximum absolute atomic E-state index is 11.7. The van der Waals surface area contributed by atoms with Gasteiger partial charge in [-0.2, -0.15) is 5.10 Å². The number of aliphatic hydroxyl groups excluding tert-OH is 1. The van der Waals surface area contributed by atoms with Crippen LogP contribution < -0.4 is 10.3 Å². The Morgan fingerprint density at radius 3 is 2.87 bits per heavy atom. The number of likely N-dealkylation sites (N-methyl/N-ethyl adjacent to an activating group) is 1. The molecule has 0 fully saturated rings. The highest BCUT2D eigenvalue weighted by Crippen LogP contribution is 2.18. The van der Waals surface area contributed by atoms with Gasteiger partial charge in [0, 0.05) is 25.0 Å². The third-order valence-electron chi connectivity index (χ3n) is 3.58. The molecular weight excluding hydrogens is 292 g/mol. The minimum atomic E-state index is -0.277. The molecule has 0 radical (unpaired) electrons. The summed E-state index contributed by atoms with van der Waals surface area (Å²) in [6.07, 6.45) is 3.32. The Balaban J connectivity index is 2.03. The van der Waals surface area contributed by atoms with Gasteiger partial charge in [-0.3, -0.25) is 4.79 Å². The summed E-state index contributed by atoms with van der Waals surface area (Å²) >= 11 is 0. The third-order valence-corrected chi connectivity index (χ3v) is 3.58. The molecule has 0 saturated heterocycles. The van der Waals surface area contributed by atoms with Crippen LogP contribution in [0.25, 0.3) is 0 Å². The van der Waals surface area contributed by atoms with E-state index in [1.807, 2.05) is 25.1 Å². The van der Waals surface area contributed by atoms with Gasteiger partial charge in [0.15, 0.2) is 0 Å². The molecule has 2 rings (SSSR count). The number of carbonyl (C=O) groups is 1. The van der Waals surface area contributed by atoms with Crippen molar-refractivity contribution in [3.05, 3.63) is 53.3 Å². The number of nitrogens with zero attached hydrogens (tertiary/aromatic N) is 2. The highest BCUT2D eigenvalue weighted by Gasteiger charge is 2.06. The first kappa shape index (κ1) is 16.8. The summed E-state index contributed by atoms with van der Waals surface area (Å²) in [5.41, 5.74) is 6.00. The van der Waals surface area contributed by atoms with Gasteiger partial charge in [-0.05, 0) is 49.2 Å². The van der Waals surface area contributed by atoms with Crippen LogP contribution in [0, 0.1) is 6.92 Å². The van der Waals surface area contributed by atoms with Gasteiger partial charge in [-0.1, -0.05) is 6.07 Å². The molecule has 0 aliphatic carbocycles. The van der Waals surface area contributed by atoms with E-state index < -0.39 is 0 Å². The molecule has 0 aliphatic heterocycles. The Kier molecular flexibility index (Phi) is 5.94. The van der Waals surface area contributed by atoms with Crippen molar-refractivity contribution in [2.45, 2.75) is 13.8 Å². The van der Waals surface area contributed by atoms with Crippen LogP contribution in [0.1, 0.15) is 28.5 Å². The number of hydrazone groups is 1. The second-order valence-corrected chi connectivity index (χ2v) is 5.13. The lowest BCUT2D eigenvalue weighted by Gasteiger charge is -2.22. The normalized spacial score (nSPS) is 10.9. The van der Waals surface area contributed by atoms with E-state index in [0.29, 0.717) is 12.2 Å². The van der Waals surface area contributed by atoms with Crippen molar-refractivity contribution in [3.63, 3.8) is 0 Å². The first-order chi connectivity index (χ1) is 11.2. The Labute approximate surface area is 135 Å². The number of anilines is 1. The standard InChI is InChI=1S/C17H22N4O2/c1-3-21(9-10-22)15-7-6-14(13(2)11-15)12-19-20-17(23)16-5-4-8-18-16/h4-8,11-12,18,22H,3,9-10H2,1-2H3,(H,20,23)/b19-12-. The van der Waals surface area contributed by atoms with E-state index in [1.54, 1.807) is 24.5 Å². The molecule has 1 aromatic heterocycles. The summed E-state index contributed by atoms with van der Waals surface area (Å²) in [7, 11) is 0. The molecule has 0 spiro atoms. The third kappa shape index (κ3) is 4.43. The number of H-pyrrole nitrogens is 1. The quantitative estimate of drug-likeness (QED) is 0.539. The van der Waals surface area contributed by atoms with E-state index in [2.05, 4.69) is 27.3 Å². The van der Waals surface area contributed by atoms with Crippen LogP contribution in [-0.4, -0.2) is 41.9 Å².